The third-order valence-electron chi connectivity index (χ3n) is 2.74. The fourth-order valence-electron chi connectivity index (χ4n) is 1.63. The van der Waals surface area contributed by atoms with Crippen LogP contribution < -0.4 is 4.72 Å². The van der Waals surface area contributed by atoms with Gasteiger partial charge in [-0.1, -0.05) is 54.6 Å². The molecule has 3 nitrogen and oxygen atoms in total. The van der Waals surface area contributed by atoms with Gasteiger partial charge in [0.2, 0.25) is 0 Å². The number of hydrogen-bond acceptors (Lipinski definition) is 2. The van der Waals surface area contributed by atoms with Gasteiger partial charge in [-0.05, 0) is 23.3 Å². The molecule has 0 aliphatic carbocycles. The fourth-order valence-corrected chi connectivity index (χ4v) is 2.19. The average molecular weight is 327 g/mol. The lowest BCUT2D eigenvalue weighted by Gasteiger charge is -2.10. The Labute approximate surface area is 126 Å². The Morgan fingerprint density at radius 2 is 1.32 bits per heavy atom. The molecule has 0 saturated carbocycles. The minimum atomic E-state index is -5.39. The molecule has 0 unspecified atom stereocenters. The van der Waals surface area contributed by atoms with E-state index >= 15 is 0 Å². The molecule has 0 spiro atoms. The zero-order valence-electron chi connectivity index (χ0n) is 11.2. The Bertz CT molecular complexity index is 752. The maximum Gasteiger partial charge on any atom is 0.516 e. The first-order chi connectivity index (χ1) is 10.3. The van der Waals surface area contributed by atoms with Crippen molar-refractivity contribution in [3.05, 3.63) is 65.7 Å². The number of nitrogens with one attached hydrogen (secondary N) is 1. The lowest BCUT2D eigenvalue weighted by atomic mass is 10.1. The quantitative estimate of drug-likeness (QED) is 0.859. The van der Waals surface area contributed by atoms with E-state index in [1.54, 1.807) is 6.08 Å². The van der Waals surface area contributed by atoms with E-state index in [0.29, 0.717) is 0 Å². The van der Waals surface area contributed by atoms with Crippen LogP contribution in [0.1, 0.15) is 11.1 Å². The lowest BCUT2D eigenvalue weighted by Crippen LogP contribution is -2.29. The molecular formula is C15H12F3NO2S. The molecule has 116 valence electrons. The van der Waals surface area contributed by atoms with Gasteiger partial charge in [0.25, 0.3) is 0 Å². The first-order valence-corrected chi connectivity index (χ1v) is 7.68. The summed E-state index contributed by atoms with van der Waals surface area (Å²) in [5.41, 5.74) is -3.77. The van der Waals surface area contributed by atoms with Crippen molar-refractivity contribution < 1.29 is 21.6 Å². The van der Waals surface area contributed by atoms with Crippen LogP contribution in [0.3, 0.4) is 0 Å². The predicted octanol–water partition coefficient (Wildman–Crippen LogP) is 4.12. The van der Waals surface area contributed by atoms with Crippen molar-refractivity contribution in [2.24, 2.45) is 0 Å². The summed E-state index contributed by atoms with van der Waals surface area (Å²) in [5, 5.41) is 0. The molecule has 2 rings (SSSR count). The smallest absolute Gasteiger partial charge is 0.276 e. The molecule has 0 aliphatic heterocycles. The van der Waals surface area contributed by atoms with E-state index in [4.69, 9.17) is 0 Å². The van der Waals surface area contributed by atoms with Crippen LogP contribution >= 0.6 is 0 Å². The monoisotopic (exact) mass is 327 g/mol. The maximum absolute atomic E-state index is 12.2. The van der Waals surface area contributed by atoms with E-state index in [2.05, 4.69) is 0 Å². The predicted molar refractivity (Wildman–Crippen MR) is 80.4 cm³/mol. The number of halogens is 3. The highest BCUT2D eigenvalue weighted by molar-refractivity contribution is 7.93. The topological polar surface area (TPSA) is 46.2 Å². The second kappa shape index (κ2) is 6.23. The van der Waals surface area contributed by atoms with Crippen LogP contribution in [-0.2, 0) is 10.0 Å². The third kappa shape index (κ3) is 4.11. The van der Waals surface area contributed by atoms with Crippen molar-refractivity contribution in [2.75, 3.05) is 4.72 Å². The molecule has 0 fully saturated rings. The van der Waals surface area contributed by atoms with Crippen LogP contribution in [0.15, 0.2) is 54.6 Å². The van der Waals surface area contributed by atoms with E-state index in [1.807, 2.05) is 36.4 Å². The molecule has 2 aromatic rings. The van der Waals surface area contributed by atoms with Crippen molar-refractivity contribution >= 4 is 27.9 Å². The summed E-state index contributed by atoms with van der Waals surface area (Å²) in [6, 6.07) is 15.1. The van der Waals surface area contributed by atoms with Crippen molar-refractivity contribution in [3.8, 4) is 0 Å². The van der Waals surface area contributed by atoms with Crippen molar-refractivity contribution in [1.82, 2.24) is 0 Å². The molecule has 0 heterocycles. The summed E-state index contributed by atoms with van der Waals surface area (Å²) >= 11 is 0. The van der Waals surface area contributed by atoms with Gasteiger partial charge in [-0.15, -0.1) is 0 Å². The standard InChI is InChI=1S/C15H12F3NO2S/c16-15(17,18)22(20,21)19-14-10-8-13(9-11-14)7-6-12-4-2-1-3-5-12/h1-11,19H/b7-6+. The molecular weight excluding hydrogens is 315 g/mol. The van der Waals surface area contributed by atoms with Crippen LogP contribution in [0.2, 0.25) is 0 Å². The summed E-state index contributed by atoms with van der Waals surface area (Å²) in [6.45, 7) is 0. The number of anilines is 1. The molecule has 0 aliphatic rings. The maximum atomic E-state index is 12.2. The average Bonchev–Trinajstić information content (AvgIpc) is 2.46. The van der Waals surface area contributed by atoms with Crippen molar-refractivity contribution in [3.63, 3.8) is 0 Å². The van der Waals surface area contributed by atoms with E-state index in [9.17, 15) is 21.6 Å². The van der Waals surface area contributed by atoms with Gasteiger partial charge >= 0.3 is 15.5 Å². The van der Waals surface area contributed by atoms with Crippen LogP contribution in [0.25, 0.3) is 12.2 Å². The zero-order valence-corrected chi connectivity index (χ0v) is 12.0. The summed E-state index contributed by atoms with van der Waals surface area (Å²) < 4.78 is 60.2. The van der Waals surface area contributed by atoms with E-state index in [-0.39, 0.29) is 5.69 Å². The van der Waals surface area contributed by atoms with Crippen molar-refractivity contribution in [1.29, 1.82) is 0 Å². The minimum absolute atomic E-state index is 0.144. The van der Waals surface area contributed by atoms with Gasteiger partial charge in [-0.3, -0.25) is 4.72 Å². The largest absolute Gasteiger partial charge is 0.516 e. The SMILES string of the molecule is O=S(=O)(Nc1ccc(/C=C/c2ccccc2)cc1)C(F)(F)F. The van der Waals surface area contributed by atoms with Crippen LogP contribution in [-0.4, -0.2) is 13.9 Å². The summed E-state index contributed by atoms with van der Waals surface area (Å²) in [4.78, 5) is 0. The van der Waals surface area contributed by atoms with Crippen LogP contribution in [0, 0.1) is 0 Å². The highest BCUT2D eigenvalue weighted by Crippen LogP contribution is 2.25. The molecule has 1 N–H and O–H groups in total. The molecule has 0 radical (unpaired) electrons. The first kappa shape index (κ1) is 16.1. The van der Waals surface area contributed by atoms with E-state index in [1.165, 1.54) is 29.0 Å². The Hall–Kier alpha value is -2.28. The van der Waals surface area contributed by atoms with Gasteiger partial charge in [0, 0.05) is 5.69 Å². The Kier molecular flexibility index (Phi) is 4.56. The molecule has 2 aromatic carbocycles. The second-order valence-electron chi connectivity index (χ2n) is 4.42. The summed E-state index contributed by atoms with van der Waals surface area (Å²) in [6.07, 6.45) is 3.62. The Morgan fingerprint density at radius 3 is 1.82 bits per heavy atom. The lowest BCUT2D eigenvalue weighted by molar-refractivity contribution is -0.0429. The van der Waals surface area contributed by atoms with Gasteiger partial charge < -0.3 is 0 Å². The van der Waals surface area contributed by atoms with Crippen molar-refractivity contribution in [2.45, 2.75) is 5.51 Å². The van der Waals surface area contributed by atoms with Gasteiger partial charge in [-0.25, -0.2) is 0 Å². The van der Waals surface area contributed by atoms with Gasteiger partial charge in [0.15, 0.2) is 0 Å². The van der Waals surface area contributed by atoms with Gasteiger partial charge in [0.05, 0.1) is 0 Å². The molecule has 0 aromatic heterocycles. The number of rotatable bonds is 4. The highest BCUT2D eigenvalue weighted by Gasteiger charge is 2.45. The second-order valence-corrected chi connectivity index (χ2v) is 6.09. The van der Waals surface area contributed by atoms with Crippen LogP contribution in [0.4, 0.5) is 18.9 Å². The number of benzene rings is 2. The molecule has 22 heavy (non-hydrogen) atoms. The van der Waals surface area contributed by atoms with E-state index in [0.717, 1.165) is 11.1 Å². The van der Waals surface area contributed by atoms with Gasteiger partial charge in [0.1, 0.15) is 0 Å². The van der Waals surface area contributed by atoms with Gasteiger partial charge in [-0.2, -0.15) is 21.6 Å². The third-order valence-corrected chi connectivity index (χ3v) is 3.85. The Balaban J connectivity index is 2.10. The van der Waals surface area contributed by atoms with E-state index < -0.39 is 15.5 Å². The Morgan fingerprint density at radius 1 is 0.818 bits per heavy atom. The normalized spacial score (nSPS) is 12.5. The molecule has 0 atom stereocenters. The molecule has 7 heteroatoms. The molecule has 0 saturated heterocycles. The number of hydrogen-bond donors (Lipinski definition) is 1. The zero-order chi connectivity index (χ0) is 16.2. The molecule has 0 bridgehead atoms. The summed E-state index contributed by atoms with van der Waals surface area (Å²) in [5.74, 6) is 0. The summed E-state index contributed by atoms with van der Waals surface area (Å²) in [7, 11) is -5.39. The minimum Gasteiger partial charge on any atom is -0.276 e. The first-order valence-electron chi connectivity index (χ1n) is 6.20. The number of alkyl halides is 3. The fraction of sp³-hybridized carbons (Fsp3) is 0.0667. The van der Waals surface area contributed by atoms with Crippen LogP contribution in [0.5, 0.6) is 0 Å². The molecule has 0 amide bonds. The number of sulfonamides is 1. The highest BCUT2D eigenvalue weighted by atomic mass is 32.2.